The highest BCUT2D eigenvalue weighted by atomic mass is 16.5. The standard InChI is InChI=1S/C31H34N4O2/c1-23-26(20-34(2)33-23)16-17-31(36)35-21-27-13-6-8-14-29(27)32-19-25-12-7-9-15-30(25)37-22-28(35)18-24-10-4-3-5-11-24/h3-15,20,28,32H,16-19,21-22H2,1-2H3/t28-/m0/s1. The summed E-state index contributed by atoms with van der Waals surface area (Å²) < 4.78 is 8.23. The van der Waals surface area contributed by atoms with E-state index in [2.05, 4.69) is 40.7 Å². The van der Waals surface area contributed by atoms with Crippen molar-refractivity contribution in [1.29, 1.82) is 0 Å². The van der Waals surface area contributed by atoms with Crippen LogP contribution < -0.4 is 10.1 Å². The summed E-state index contributed by atoms with van der Waals surface area (Å²) in [5.41, 5.74) is 6.52. The van der Waals surface area contributed by atoms with Gasteiger partial charge in [0.1, 0.15) is 12.4 Å². The molecule has 190 valence electrons. The Labute approximate surface area is 218 Å². The van der Waals surface area contributed by atoms with Gasteiger partial charge in [-0.05, 0) is 48.6 Å². The van der Waals surface area contributed by atoms with Gasteiger partial charge in [0.25, 0.3) is 0 Å². The molecule has 1 N–H and O–H groups in total. The summed E-state index contributed by atoms with van der Waals surface area (Å²) in [4.78, 5) is 15.9. The van der Waals surface area contributed by atoms with Gasteiger partial charge in [0.15, 0.2) is 0 Å². The van der Waals surface area contributed by atoms with Crippen LogP contribution >= 0.6 is 0 Å². The van der Waals surface area contributed by atoms with E-state index in [-0.39, 0.29) is 11.9 Å². The molecule has 0 saturated heterocycles. The van der Waals surface area contributed by atoms with Crippen LogP contribution in [0.5, 0.6) is 5.75 Å². The van der Waals surface area contributed by atoms with Crippen molar-refractivity contribution in [2.24, 2.45) is 7.05 Å². The van der Waals surface area contributed by atoms with Gasteiger partial charge in [0.05, 0.1) is 11.7 Å². The molecule has 6 heteroatoms. The molecule has 1 aliphatic heterocycles. The number of fused-ring (bicyclic) bond motifs is 2. The largest absolute Gasteiger partial charge is 0.491 e. The van der Waals surface area contributed by atoms with Crippen molar-refractivity contribution < 1.29 is 9.53 Å². The zero-order chi connectivity index (χ0) is 25.6. The number of nitrogens with one attached hydrogen (secondary N) is 1. The summed E-state index contributed by atoms with van der Waals surface area (Å²) >= 11 is 0. The minimum atomic E-state index is -0.121. The fraction of sp³-hybridized carbons (Fsp3) is 0.290. The van der Waals surface area contributed by atoms with Crippen molar-refractivity contribution in [2.45, 2.75) is 45.3 Å². The van der Waals surface area contributed by atoms with Crippen LogP contribution in [0.4, 0.5) is 5.69 Å². The van der Waals surface area contributed by atoms with Gasteiger partial charge in [-0.15, -0.1) is 0 Å². The Hall–Kier alpha value is -4.06. The molecule has 5 rings (SSSR count). The minimum Gasteiger partial charge on any atom is -0.491 e. The SMILES string of the molecule is Cc1nn(C)cc1CCC(=O)N1Cc2ccccc2NCc2ccccc2OC[C@@H]1Cc1ccccc1. The van der Waals surface area contributed by atoms with Gasteiger partial charge in [-0.25, -0.2) is 0 Å². The second-order valence-electron chi connectivity index (χ2n) is 9.71. The molecule has 0 fully saturated rings. The molecule has 0 saturated carbocycles. The Morgan fingerprint density at radius 1 is 1.00 bits per heavy atom. The summed E-state index contributed by atoms with van der Waals surface area (Å²) in [6.07, 6.45) is 3.81. The van der Waals surface area contributed by atoms with Crippen LogP contribution in [0.2, 0.25) is 0 Å². The molecule has 1 atom stereocenters. The maximum absolute atomic E-state index is 13.9. The van der Waals surface area contributed by atoms with Crippen LogP contribution in [0, 0.1) is 6.92 Å². The molecule has 6 nitrogen and oxygen atoms in total. The van der Waals surface area contributed by atoms with E-state index in [0.717, 1.165) is 40.2 Å². The third-order valence-electron chi connectivity index (χ3n) is 7.03. The number of ether oxygens (including phenoxy) is 1. The molecular formula is C31H34N4O2. The molecule has 1 aliphatic rings. The van der Waals surface area contributed by atoms with Gasteiger partial charge in [-0.2, -0.15) is 5.10 Å². The molecule has 0 aliphatic carbocycles. The Bertz CT molecular complexity index is 1350. The smallest absolute Gasteiger partial charge is 0.223 e. The molecule has 37 heavy (non-hydrogen) atoms. The quantitative estimate of drug-likeness (QED) is 0.409. The van der Waals surface area contributed by atoms with Gasteiger partial charge in [0, 0.05) is 44.0 Å². The van der Waals surface area contributed by atoms with Crippen LogP contribution in [0.1, 0.15) is 34.4 Å². The molecular weight excluding hydrogens is 460 g/mol. The van der Waals surface area contributed by atoms with E-state index in [0.29, 0.717) is 32.5 Å². The second kappa shape index (κ2) is 11.3. The predicted molar refractivity (Wildman–Crippen MR) is 146 cm³/mol. The fourth-order valence-corrected chi connectivity index (χ4v) is 5.03. The zero-order valence-electron chi connectivity index (χ0n) is 21.6. The average molecular weight is 495 g/mol. The lowest BCUT2D eigenvalue weighted by Gasteiger charge is -2.33. The lowest BCUT2D eigenvalue weighted by atomic mass is 10.0. The lowest BCUT2D eigenvalue weighted by molar-refractivity contribution is -0.135. The summed E-state index contributed by atoms with van der Waals surface area (Å²) in [5, 5.41) is 8.03. The Morgan fingerprint density at radius 3 is 2.51 bits per heavy atom. The van der Waals surface area contributed by atoms with Crippen LogP contribution in [-0.2, 0) is 37.8 Å². The first-order chi connectivity index (χ1) is 18.1. The van der Waals surface area contributed by atoms with E-state index in [1.165, 1.54) is 5.56 Å². The van der Waals surface area contributed by atoms with Crippen LogP contribution in [0.25, 0.3) is 0 Å². The highest BCUT2D eigenvalue weighted by Crippen LogP contribution is 2.26. The summed E-state index contributed by atoms with van der Waals surface area (Å²) in [6, 6.07) is 26.6. The number of amides is 1. The molecule has 1 aromatic heterocycles. The molecule has 4 aromatic rings. The van der Waals surface area contributed by atoms with Crippen LogP contribution in [0.15, 0.2) is 85.1 Å². The highest BCUT2D eigenvalue weighted by molar-refractivity contribution is 5.77. The zero-order valence-corrected chi connectivity index (χ0v) is 21.6. The number of benzene rings is 3. The molecule has 3 aromatic carbocycles. The number of nitrogens with zero attached hydrogens (tertiary/aromatic N) is 3. The lowest BCUT2D eigenvalue weighted by Crippen LogP contribution is -2.44. The fourth-order valence-electron chi connectivity index (χ4n) is 5.03. The van der Waals surface area contributed by atoms with Gasteiger partial charge in [-0.1, -0.05) is 66.7 Å². The van der Waals surface area contributed by atoms with E-state index in [9.17, 15) is 4.79 Å². The van der Waals surface area contributed by atoms with E-state index >= 15 is 0 Å². The number of carbonyl (C=O) groups excluding carboxylic acids is 1. The van der Waals surface area contributed by atoms with E-state index in [1.807, 2.05) is 78.3 Å². The topological polar surface area (TPSA) is 59.4 Å². The number of carbonyl (C=O) groups is 1. The first kappa shape index (κ1) is 24.6. The van der Waals surface area contributed by atoms with Gasteiger partial charge >= 0.3 is 0 Å². The molecule has 0 spiro atoms. The van der Waals surface area contributed by atoms with Crippen molar-refractivity contribution in [3.8, 4) is 5.75 Å². The van der Waals surface area contributed by atoms with Crippen LogP contribution in [0.3, 0.4) is 0 Å². The van der Waals surface area contributed by atoms with Crippen molar-refractivity contribution >= 4 is 11.6 Å². The second-order valence-corrected chi connectivity index (χ2v) is 9.71. The molecule has 1 amide bonds. The predicted octanol–water partition coefficient (Wildman–Crippen LogP) is 5.31. The van der Waals surface area contributed by atoms with Gasteiger partial charge < -0.3 is 15.0 Å². The third-order valence-corrected chi connectivity index (χ3v) is 7.03. The third kappa shape index (κ3) is 6.02. The van der Waals surface area contributed by atoms with Crippen molar-refractivity contribution in [1.82, 2.24) is 14.7 Å². The maximum atomic E-state index is 13.9. The number of para-hydroxylation sites is 2. The number of aromatic nitrogens is 2. The van der Waals surface area contributed by atoms with Crippen molar-refractivity contribution in [3.63, 3.8) is 0 Å². The monoisotopic (exact) mass is 494 g/mol. The number of anilines is 1. The van der Waals surface area contributed by atoms with E-state index < -0.39 is 0 Å². The van der Waals surface area contributed by atoms with Gasteiger partial charge in [-0.3, -0.25) is 9.48 Å². The van der Waals surface area contributed by atoms with E-state index in [1.54, 1.807) is 0 Å². The number of hydrogen-bond donors (Lipinski definition) is 1. The number of aryl methyl sites for hydroxylation is 3. The van der Waals surface area contributed by atoms with Crippen molar-refractivity contribution in [3.05, 3.63) is 113 Å². The average Bonchev–Trinajstić information content (AvgIpc) is 3.23. The van der Waals surface area contributed by atoms with Crippen molar-refractivity contribution in [2.75, 3.05) is 11.9 Å². The first-order valence-corrected chi connectivity index (χ1v) is 12.9. The summed E-state index contributed by atoms with van der Waals surface area (Å²) in [6.45, 7) is 3.60. The molecule has 0 bridgehead atoms. The summed E-state index contributed by atoms with van der Waals surface area (Å²) in [7, 11) is 1.92. The maximum Gasteiger partial charge on any atom is 0.223 e. The molecule has 0 radical (unpaired) electrons. The minimum absolute atomic E-state index is 0.120. The molecule has 2 heterocycles. The van der Waals surface area contributed by atoms with Crippen LogP contribution in [-0.4, -0.2) is 33.2 Å². The summed E-state index contributed by atoms with van der Waals surface area (Å²) in [5.74, 6) is 0.973. The number of hydrogen-bond acceptors (Lipinski definition) is 4. The first-order valence-electron chi connectivity index (χ1n) is 12.9. The molecule has 0 unspecified atom stereocenters. The number of rotatable bonds is 5. The van der Waals surface area contributed by atoms with E-state index in [4.69, 9.17) is 4.74 Å². The Kier molecular flexibility index (Phi) is 7.54. The highest BCUT2D eigenvalue weighted by Gasteiger charge is 2.27. The Balaban J connectivity index is 1.49. The normalized spacial score (nSPS) is 15.5. The Morgan fingerprint density at radius 2 is 1.73 bits per heavy atom. The van der Waals surface area contributed by atoms with Gasteiger partial charge in [0.2, 0.25) is 5.91 Å².